The van der Waals surface area contributed by atoms with Crippen molar-refractivity contribution in [2.24, 2.45) is 5.73 Å². The van der Waals surface area contributed by atoms with Crippen LogP contribution < -0.4 is 16.4 Å². The van der Waals surface area contributed by atoms with Crippen LogP contribution in [0, 0.1) is 0 Å². The molecule has 0 aliphatic carbocycles. The number of carbonyl (C=O) groups excluding carboxylic acids is 1. The molecule has 1 amide bonds. The summed E-state index contributed by atoms with van der Waals surface area (Å²) in [5.74, 6) is -1.08. The number of halogens is 3. The van der Waals surface area contributed by atoms with Gasteiger partial charge in [0.15, 0.2) is 6.04 Å². The van der Waals surface area contributed by atoms with Gasteiger partial charge in [0, 0.05) is 19.2 Å². The minimum Gasteiger partial charge on any atom is -0.312 e. The molecule has 1 atom stereocenters. The third-order valence-electron chi connectivity index (χ3n) is 2.66. The first kappa shape index (κ1) is 12.8. The van der Waals surface area contributed by atoms with Crippen molar-refractivity contribution in [3.05, 3.63) is 12.3 Å². The van der Waals surface area contributed by atoms with Gasteiger partial charge < -0.3 is 16.4 Å². The van der Waals surface area contributed by atoms with Gasteiger partial charge in [-0.05, 0) is 0 Å². The molecule has 0 spiro atoms. The fraction of sp³-hybridized carbons (Fsp3) is 0.556. The van der Waals surface area contributed by atoms with Crippen molar-refractivity contribution in [2.45, 2.75) is 18.3 Å². The van der Waals surface area contributed by atoms with E-state index >= 15 is 0 Å². The van der Waals surface area contributed by atoms with Crippen LogP contribution >= 0.6 is 0 Å². The summed E-state index contributed by atoms with van der Waals surface area (Å²) in [6, 6.07) is -1.07. The second-order valence-electron chi connectivity index (χ2n) is 3.98. The Labute approximate surface area is 100 Å². The van der Waals surface area contributed by atoms with Crippen LogP contribution in [0.1, 0.15) is 6.04 Å². The molecule has 1 saturated heterocycles. The first-order chi connectivity index (χ1) is 8.39. The number of aromatic nitrogens is 2. The van der Waals surface area contributed by atoms with Crippen molar-refractivity contribution in [3.63, 3.8) is 0 Å². The Morgan fingerprint density at radius 3 is 2.78 bits per heavy atom. The van der Waals surface area contributed by atoms with Gasteiger partial charge in [-0.25, -0.2) is 4.68 Å². The molecule has 100 valence electrons. The Bertz CT molecular complexity index is 440. The molecule has 2 heterocycles. The fourth-order valence-corrected chi connectivity index (χ4v) is 1.50. The number of nitrogens with two attached hydrogens (primary N) is 1. The number of amides is 1. The lowest BCUT2D eigenvalue weighted by Gasteiger charge is -2.29. The van der Waals surface area contributed by atoms with E-state index < -0.39 is 18.1 Å². The number of hydrogen-bond donors (Lipinski definition) is 3. The average Bonchev–Trinajstić information content (AvgIpc) is 2.61. The van der Waals surface area contributed by atoms with Gasteiger partial charge in [-0.3, -0.25) is 4.79 Å². The van der Waals surface area contributed by atoms with Crippen molar-refractivity contribution in [1.29, 1.82) is 0 Å². The fourth-order valence-electron chi connectivity index (χ4n) is 1.50. The molecular formula is C9H12F3N5O. The molecule has 9 heteroatoms. The van der Waals surface area contributed by atoms with Crippen LogP contribution in [0.2, 0.25) is 0 Å². The van der Waals surface area contributed by atoms with Crippen molar-refractivity contribution in [3.8, 4) is 0 Å². The topological polar surface area (TPSA) is 85.0 Å². The van der Waals surface area contributed by atoms with Crippen LogP contribution in [0.25, 0.3) is 0 Å². The highest BCUT2D eigenvalue weighted by Gasteiger charge is 2.42. The van der Waals surface area contributed by atoms with E-state index in [-0.39, 0.29) is 11.9 Å². The monoisotopic (exact) mass is 263 g/mol. The van der Waals surface area contributed by atoms with E-state index in [1.165, 1.54) is 16.9 Å². The number of carbonyl (C=O) groups is 1. The van der Waals surface area contributed by atoms with Crippen LogP contribution in [-0.4, -0.2) is 41.0 Å². The van der Waals surface area contributed by atoms with Crippen molar-refractivity contribution >= 4 is 11.7 Å². The second kappa shape index (κ2) is 4.58. The largest absolute Gasteiger partial charge is 0.412 e. The molecule has 0 bridgehead atoms. The molecule has 0 radical (unpaired) electrons. The third kappa shape index (κ3) is 2.46. The van der Waals surface area contributed by atoms with E-state index in [1.807, 2.05) is 0 Å². The van der Waals surface area contributed by atoms with E-state index in [4.69, 9.17) is 5.73 Å². The zero-order chi connectivity index (χ0) is 13.3. The van der Waals surface area contributed by atoms with Gasteiger partial charge >= 0.3 is 6.18 Å². The zero-order valence-electron chi connectivity index (χ0n) is 9.24. The van der Waals surface area contributed by atoms with Gasteiger partial charge in [0.2, 0.25) is 0 Å². The van der Waals surface area contributed by atoms with Crippen molar-refractivity contribution in [1.82, 2.24) is 15.1 Å². The SMILES string of the molecule is NC(C(=O)Nc1ccnn1C1CNC1)C(F)(F)F. The molecule has 6 nitrogen and oxygen atoms in total. The van der Waals surface area contributed by atoms with Gasteiger partial charge in [0.25, 0.3) is 5.91 Å². The minimum atomic E-state index is -4.76. The van der Waals surface area contributed by atoms with Gasteiger partial charge in [-0.1, -0.05) is 0 Å². The summed E-state index contributed by atoms with van der Waals surface area (Å²) in [6.07, 6.45) is -3.35. The van der Waals surface area contributed by atoms with E-state index in [2.05, 4.69) is 15.7 Å². The highest BCUT2D eigenvalue weighted by molar-refractivity contribution is 5.94. The highest BCUT2D eigenvalue weighted by Crippen LogP contribution is 2.21. The van der Waals surface area contributed by atoms with E-state index in [0.29, 0.717) is 13.1 Å². The molecule has 1 fully saturated rings. The van der Waals surface area contributed by atoms with Gasteiger partial charge in [0.05, 0.1) is 12.2 Å². The summed E-state index contributed by atoms with van der Waals surface area (Å²) in [6.45, 7) is 1.33. The molecule has 2 rings (SSSR count). The average molecular weight is 263 g/mol. The Kier molecular flexibility index (Phi) is 3.26. The van der Waals surface area contributed by atoms with Crippen molar-refractivity contribution < 1.29 is 18.0 Å². The highest BCUT2D eigenvalue weighted by atomic mass is 19.4. The summed E-state index contributed by atoms with van der Waals surface area (Å²) in [5.41, 5.74) is 4.80. The molecule has 1 aliphatic rings. The normalized spacial score (nSPS) is 18.2. The minimum absolute atomic E-state index is 0.0393. The third-order valence-corrected chi connectivity index (χ3v) is 2.66. The van der Waals surface area contributed by atoms with Crippen LogP contribution in [0.5, 0.6) is 0 Å². The molecule has 1 aromatic heterocycles. The van der Waals surface area contributed by atoms with Gasteiger partial charge in [0.1, 0.15) is 5.82 Å². The van der Waals surface area contributed by atoms with Crippen LogP contribution in [0.3, 0.4) is 0 Å². The van der Waals surface area contributed by atoms with E-state index in [1.54, 1.807) is 0 Å². The molecule has 4 N–H and O–H groups in total. The standard InChI is InChI=1S/C9H12F3N5O/c10-9(11,12)7(13)8(18)16-6-1-2-15-17(6)5-3-14-4-5/h1-2,5,7,14H,3-4,13H2,(H,16,18). The van der Waals surface area contributed by atoms with Gasteiger partial charge in [-0.15, -0.1) is 0 Å². The second-order valence-corrected chi connectivity index (χ2v) is 3.98. The molecule has 0 saturated carbocycles. The molecule has 18 heavy (non-hydrogen) atoms. The Morgan fingerprint density at radius 2 is 2.28 bits per heavy atom. The van der Waals surface area contributed by atoms with Crippen LogP contribution in [0.15, 0.2) is 12.3 Å². The first-order valence-electron chi connectivity index (χ1n) is 5.27. The quantitative estimate of drug-likeness (QED) is 0.708. The lowest BCUT2D eigenvalue weighted by Crippen LogP contribution is -2.48. The maximum Gasteiger partial charge on any atom is 0.412 e. The summed E-state index contributed by atoms with van der Waals surface area (Å²) in [4.78, 5) is 11.3. The Balaban J connectivity index is 2.05. The lowest BCUT2D eigenvalue weighted by molar-refractivity contribution is -0.159. The molecular weight excluding hydrogens is 251 g/mol. The zero-order valence-corrected chi connectivity index (χ0v) is 9.24. The van der Waals surface area contributed by atoms with Crippen LogP contribution in [0.4, 0.5) is 19.0 Å². The van der Waals surface area contributed by atoms with Crippen molar-refractivity contribution in [2.75, 3.05) is 18.4 Å². The maximum atomic E-state index is 12.2. The summed E-state index contributed by atoms with van der Waals surface area (Å²) in [7, 11) is 0. The summed E-state index contributed by atoms with van der Waals surface area (Å²) in [5, 5.41) is 9.09. The summed E-state index contributed by atoms with van der Waals surface area (Å²) >= 11 is 0. The first-order valence-corrected chi connectivity index (χ1v) is 5.27. The molecule has 0 aromatic carbocycles. The van der Waals surface area contributed by atoms with Crippen LogP contribution in [-0.2, 0) is 4.79 Å². The van der Waals surface area contributed by atoms with E-state index in [9.17, 15) is 18.0 Å². The number of hydrogen-bond acceptors (Lipinski definition) is 4. The summed E-state index contributed by atoms with van der Waals surface area (Å²) < 4.78 is 38.2. The smallest absolute Gasteiger partial charge is 0.312 e. The Morgan fingerprint density at radius 1 is 1.61 bits per heavy atom. The number of alkyl halides is 3. The van der Waals surface area contributed by atoms with Gasteiger partial charge in [-0.2, -0.15) is 18.3 Å². The number of rotatable bonds is 3. The lowest BCUT2D eigenvalue weighted by atomic mass is 10.2. The predicted molar refractivity (Wildman–Crippen MR) is 56.8 cm³/mol. The molecule has 1 aliphatic heterocycles. The molecule has 1 aromatic rings. The Hall–Kier alpha value is -1.61. The number of nitrogens with zero attached hydrogens (tertiary/aromatic N) is 2. The maximum absolute atomic E-state index is 12.2. The predicted octanol–water partition coefficient (Wildman–Crippen LogP) is -0.145. The molecule has 1 unspecified atom stereocenters. The van der Waals surface area contributed by atoms with E-state index in [0.717, 1.165) is 0 Å². The number of anilines is 1. The number of nitrogens with one attached hydrogen (secondary N) is 2.